The lowest BCUT2D eigenvalue weighted by atomic mass is 10.1. The molecule has 4 rings (SSSR count). The molecular weight excluding hydrogens is 504 g/mol. The van der Waals surface area contributed by atoms with Crippen molar-refractivity contribution < 1.29 is 14.3 Å². The number of fused-ring (bicyclic) bond motifs is 1. The third-order valence-corrected chi connectivity index (χ3v) is 7.52. The summed E-state index contributed by atoms with van der Waals surface area (Å²) >= 11 is 3.63. The van der Waals surface area contributed by atoms with Crippen LogP contribution < -0.4 is 10.1 Å². The Kier molecular flexibility index (Phi) is 8.45. The van der Waals surface area contributed by atoms with E-state index in [-0.39, 0.29) is 24.5 Å². The van der Waals surface area contributed by atoms with Crippen molar-refractivity contribution in [3.05, 3.63) is 76.3 Å². The standard InChI is InChI=1S/C29H33BrN2O3/c1-3-25(29(34)31-23-12-5-6-13-23)32(18-21-10-8-9-20(2)17-21)27(33)19-35-26-16-15-22-11-4-7-14-24(22)28(26)30/h4,7-11,14-17,23,25H,3,5-6,12-13,18-19H2,1-2H3,(H,31,34). The van der Waals surface area contributed by atoms with E-state index in [0.29, 0.717) is 18.7 Å². The van der Waals surface area contributed by atoms with Crippen LogP contribution in [0, 0.1) is 6.92 Å². The Balaban J connectivity index is 1.53. The quantitative estimate of drug-likeness (QED) is 0.356. The molecule has 1 atom stereocenters. The van der Waals surface area contributed by atoms with E-state index < -0.39 is 6.04 Å². The molecule has 1 unspecified atom stereocenters. The monoisotopic (exact) mass is 536 g/mol. The maximum Gasteiger partial charge on any atom is 0.261 e. The predicted molar refractivity (Wildman–Crippen MR) is 143 cm³/mol. The van der Waals surface area contributed by atoms with E-state index in [0.717, 1.165) is 52.1 Å². The van der Waals surface area contributed by atoms with Crippen molar-refractivity contribution in [1.29, 1.82) is 0 Å². The number of aryl methyl sites for hydroxylation is 1. The van der Waals surface area contributed by atoms with Crippen LogP contribution >= 0.6 is 15.9 Å². The molecule has 0 bridgehead atoms. The molecule has 1 aliphatic rings. The largest absolute Gasteiger partial charge is 0.483 e. The summed E-state index contributed by atoms with van der Waals surface area (Å²) < 4.78 is 6.81. The fraction of sp³-hybridized carbons (Fsp3) is 0.379. The van der Waals surface area contributed by atoms with Crippen molar-refractivity contribution in [1.82, 2.24) is 10.2 Å². The smallest absolute Gasteiger partial charge is 0.261 e. The summed E-state index contributed by atoms with van der Waals surface area (Å²) in [5, 5.41) is 5.30. The lowest BCUT2D eigenvalue weighted by Crippen LogP contribution is -2.52. The molecule has 0 aliphatic heterocycles. The summed E-state index contributed by atoms with van der Waals surface area (Å²) in [6, 6.07) is 19.6. The number of nitrogens with zero attached hydrogens (tertiary/aromatic N) is 1. The highest BCUT2D eigenvalue weighted by molar-refractivity contribution is 9.10. The molecule has 0 saturated heterocycles. The first-order valence-corrected chi connectivity index (χ1v) is 13.2. The number of nitrogens with one attached hydrogen (secondary N) is 1. The van der Waals surface area contributed by atoms with E-state index in [9.17, 15) is 9.59 Å². The van der Waals surface area contributed by atoms with Gasteiger partial charge in [0.15, 0.2) is 6.61 Å². The van der Waals surface area contributed by atoms with Crippen molar-refractivity contribution in [2.24, 2.45) is 0 Å². The Hall–Kier alpha value is -2.86. The molecule has 0 spiro atoms. The van der Waals surface area contributed by atoms with Gasteiger partial charge in [-0.15, -0.1) is 0 Å². The predicted octanol–water partition coefficient (Wildman–Crippen LogP) is 6.16. The highest BCUT2D eigenvalue weighted by Gasteiger charge is 2.31. The molecule has 1 fully saturated rings. The number of ether oxygens (including phenoxy) is 1. The van der Waals surface area contributed by atoms with Gasteiger partial charge in [0.05, 0.1) is 4.47 Å². The van der Waals surface area contributed by atoms with Crippen LogP contribution in [0.15, 0.2) is 65.1 Å². The summed E-state index contributed by atoms with van der Waals surface area (Å²) in [4.78, 5) is 28.5. The van der Waals surface area contributed by atoms with Gasteiger partial charge in [0.25, 0.3) is 5.91 Å². The minimum absolute atomic E-state index is 0.0766. The molecule has 2 amide bonds. The second-order valence-electron chi connectivity index (χ2n) is 9.31. The Morgan fingerprint density at radius 2 is 1.86 bits per heavy atom. The molecular formula is C29H33BrN2O3. The summed E-state index contributed by atoms with van der Waals surface area (Å²) in [5.74, 6) is 0.322. The minimum Gasteiger partial charge on any atom is -0.483 e. The van der Waals surface area contributed by atoms with Gasteiger partial charge in [-0.05, 0) is 64.5 Å². The number of carbonyl (C=O) groups is 2. The van der Waals surface area contributed by atoms with Gasteiger partial charge < -0.3 is 15.0 Å². The van der Waals surface area contributed by atoms with Gasteiger partial charge in [-0.2, -0.15) is 0 Å². The zero-order valence-electron chi connectivity index (χ0n) is 20.4. The van der Waals surface area contributed by atoms with Crippen LogP contribution in [0.25, 0.3) is 10.8 Å². The maximum absolute atomic E-state index is 13.5. The van der Waals surface area contributed by atoms with Crippen LogP contribution in [0.1, 0.15) is 50.2 Å². The zero-order chi connectivity index (χ0) is 24.8. The highest BCUT2D eigenvalue weighted by atomic mass is 79.9. The van der Waals surface area contributed by atoms with Crippen LogP contribution in [0.5, 0.6) is 5.75 Å². The fourth-order valence-corrected chi connectivity index (χ4v) is 5.45. The number of rotatable bonds is 9. The van der Waals surface area contributed by atoms with Crippen molar-refractivity contribution >= 4 is 38.5 Å². The van der Waals surface area contributed by atoms with Crippen LogP contribution in [0.4, 0.5) is 0 Å². The molecule has 1 aliphatic carbocycles. The van der Waals surface area contributed by atoms with Gasteiger partial charge >= 0.3 is 0 Å². The van der Waals surface area contributed by atoms with E-state index in [1.165, 1.54) is 0 Å². The second kappa shape index (κ2) is 11.7. The van der Waals surface area contributed by atoms with E-state index in [2.05, 4.69) is 27.3 Å². The average Bonchev–Trinajstić information content (AvgIpc) is 3.36. The van der Waals surface area contributed by atoms with Gasteiger partial charge in [0.2, 0.25) is 5.91 Å². The fourth-order valence-electron chi connectivity index (χ4n) is 4.84. The molecule has 184 valence electrons. The second-order valence-corrected chi connectivity index (χ2v) is 10.1. The number of hydrogen-bond acceptors (Lipinski definition) is 3. The van der Waals surface area contributed by atoms with Crippen molar-refractivity contribution in [2.75, 3.05) is 6.61 Å². The molecule has 5 nitrogen and oxygen atoms in total. The molecule has 3 aromatic rings. The summed E-state index contributed by atoms with van der Waals surface area (Å²) in [6.45, 7) is 4.20. The maximum atomic E-state index is 13.5. The van der Waals surface area contributed by atoms with Gasteiger partial charge in [-0.1, -0.05) is 79.9 Å². The Morgan fingerprint density at radius 1 is 1.09 bits per heavy atom. The number of amides is 2. The number of benzene rings is 3. The van der Waals surface area contributed by atoms with Gasteiger partial charge in [0, 0.05) is 12.6 Å². The summed E-state index contributed by atoms with van der Waals surface area (Å²) in [6.07, 6.45) is 4.83. The number of carbonyl (C=O) groups excluding carboxylic acids is 2. The Labute approximate surface area is 216 Å². The SMILES string of the molecule is CCC(C(=O)NC1CCCC1)N(Cc1cccc(C)c1)C(=O)COc1ccc2ccccc2c1Br. The molecule has 0 aromatic heterocycles. The molecule has 0 radical (unpaired) electrons. The third-order valence-electron chi connectivity index (χ3n) is 6.70. The first-order valence-electron chi connectivity index (χ1n) is 12.4. The zero-order valence-corrected chi connectivity index (χ0v) is 22.0. The van der Waals surface area contributed by atoms with Crippen LogP contribution in [-0.4, -0.2) is 35.4 Å². The molecule has 1 saturated carbocycles. The lowest BCUT2D eigenvalue weighted by molar-refractivity contribution is -0.143. The van der Waals surface area contributed by atoms with Crippen molar-refractivity contribution in [3.63, 3.8) is 0 Å². The van der Waals surface area contributed by atoms with Crippen LogP contribution in [0.2, 0.25) is 0 Å². The van der Waals surface area contributed by atoms with E-state index >= 15 is 0 Å². The van der Waals surface area contributed by atoms with E-state index in [1.807, 2.05) is 68.4 Å². The first-order chi connectivity index (χ1) is 17.0. The topological polar surface area (TPSA) is 58.6 Å². The molecule has 35 heavy (non-hydrogen) atoms. The molecule has 1 N–H and O–H groups in total. The third kappa shape index (κ3) is 6.23. The van der Waals surface area contributed by atoms with E-state index in [1.54, 1.807) is 4.90 Å². The first kappa shape index (κ1) is 25.2. The van der Waals surface area contributed by atoms with Crippen molar-refractivity contribution in [2.45, 2.75) is 64.6 Å². The highest BCUT2D eigenvalue weighted by Crippen LogP contribution is 2.33. The van der Waals surface area contributed by atoms with Gasteiger partial charge in [-0.3, -0.25) is 9.59 Å². The Bertz CT molecular complexity index is 1190. The number of halogens is 1. The van der Waals surface area contributed by atoms with Crippen LogP contribution in [0.3, 0.4) is 0 Å². The van der Waals surface area contributed by atoms with Crippen molar-refractivity contribution in [3.8, 4) is 5.75 Å². The minimum atomic E-state index is -0.549. The normalized spacial score (nSPS) is 14.6. The molecule has 6 heteroatoms. The van der Waals surface area contributed by atoms with Gasteiger partial charge in [-0.25, -0.2) is 0 Å². The molecule has 0 heterocycles. The van der Waals surface area contributed by atoms with E-state index in [4.69, 9.17) is 4.74 Å². The summed E-state index contributed by atoms with van der Waals surface area (Å²) in [7, 11) is 0. The Morgan fingerprint density at radius 3 is 2.60 bits per heavy atom. The molecule has 3 aromatic carbocycles. The lowest BCUT2D eigenvalue weighted by Gasteiger charge is -2.31. The summed E-state index contributed by atoms with van der Waals surface area (Å²) in [5.41, 5.74) is 2.12. The van der Waals surface area contributed by atoms with Gasteiger partial charge in [0.1, 0.15) is 11.8 Å². The van der Waals surface area contributed by atoms with Crippen LogP contribution in [-0.2, 0) is 16.1 Å². The average molecular weight is 537 g/mol. The number of hydrogen-bond donors (Lipinski definition) is 1.